The topological polar surface area (TPSA) is 77.1 Å². The standard InChI is InChI=1S/C14H17N3O3/c1-4-19-11-8-10(7-6-9(11)3)12-13(16-17-15-12)14(18)20-5-2/h6-8H,4-5H2,1-3H3,(H,15,16,17). The normalized spacial score (nSPS) is 10.3. The van der Waals surface area contributed by atoms with Gasteiger partial charge in [0.25, 0.3) is 0 Å². The largest absolute Gasteiger partial charge is 0.494 e. The SMILES string of the molecule is CCOC(=O)c1n[nH]nc1-c1ccc(C)c(OCC)c1. The predicted molar refractivity (Wildman–Crippen MR) is 73.7 cm³/mol. The van der Waals surface area contributed by atoms with Gasteiger partial charge in [0.1, 0.15) is 11.4 Å². The van der Waals surface area contributed by atoms with Gasteiger partial charge in [-0.3, -0.25) is 0 Å². The fourth-order valence-corrected chi connectivity index (χ4v) is 1.83. The minimum atomic E-state index is -0.491. The summed E-state index contributed by atoms with van der Waals surface area (Å²) in [6, 6.07) is 5.64. The number of benzene rings is 1. The second-order valence-electron chi connectivity index (χ2n) is 4.15. The zero-order valence-corrected chi connectivity index (χ0v) is 11.8. The van der Waals surface area contributed by atoms with Crippen LogP contribution in [0, 0.1) is 6.92 Å². The number of aromatic amines is 1. The maximum Gasteiger partial charge on any atom is 0.361 e. The van der Waals surface area contributed by atoms with Gasteiger partial charge in [-0.15, -0.1) is 5.10 Å². The lowest BCUT2D eigenvalue weighted by Gasteiger charge is -2.08. The highest BCUT2D eigenvalue weighted by Crippen LogP contribution is 2.27. The number of nitrogens with zero attached hydrogens (tertiary/aromatic N) is 2. The molecule has 0 aliphatic heterocycles. The first-order valence-corrected chi connectivity index (χ1v) is 6.49. The summed E-state index contributed by atoms with van der Waals surface area (Å²) < 4.78 is 10.5. The van der Waals surface area contributed by atoms with Crippen molar-refractivity contribution in [3.05, 3.63) is 29.5 Å². The average Bonchev–Trinajstić information content (AvgIpc) is 2.91. The van der Waals surface area contributed by atoms with Crippen LogP contribution in [0.3, 0.4) is 0 Å². The number of ether oxygens (including phenoxy) is 2. The van der Waals surface area contributed by atoms with Gasteiger partial charge in [-0.1, -0.05) is 12.1 Å². The summed E-state index contributed by atoms with van der Waals surface area (Å²) in [5.41, 5.74) is 2.43. The van der Waals surface area contributed by atoms with E-state index < -0.39 is 5.97 Å². The molecule has 1 aromatic carbocycles. The fraction of sp³-hybridized carbons (Fsp3) is 0.357. The summed E-state index contributed by atoms with van der Waals surface area (Å²) in [4.78, 5) is 11.8. The number of esters is 1. The molecule has 6 heteroatoms. The molecule has 0 fully saturated rings. The number of aryl methyl sites for hydroxylation is 1. The first kappa shape index (κ1) is 14.0. The molecule has 106 valence electrons. The van der Waals surface area contributed by atoms with Crippen molar-refractivity contribution in [1.82, 2.24) is 15.4 Å². The van der Waals surface area contributed by atoms with E-state index in [1.807, 2.05) is 32.0 Å². The van der Waals surface area contributed by atoms with Gasteiger partial charge in [0.2, 0.25) is 0 Å². The first-order chi connectivity index (χ1) is 9.67. The van der Waals surface area contributed by atoms with Gasteiger partial charge in [-0.05, 0) is 32.4 Å². The van der Waals surface area contributed by atoms with Gasteiger partial charge in [0.05, 0.1) is 13.2 Å². The van der Waals surface area contributed by atoms with Gasteiger partial charge in [0.15, 0.2) is 5.69 Å². The Morgan fingerprint density at radius 3 is 2.75 bits per heavy atom. The number of hydrogen-bond donors (Lipinski definition) is 1. The van der Waals surface area contributed by atoms with Crippen molar-refractivity contribution in [2.24, 2.45) is 0 Å². The molecule has 0 aliphatic carbocycles. The number of hydrogen-bond acceptors (Lipinski definition) is 5. The molecule has 1 aromatic heterocycles. The number of H-pyrrole nitrogens is 1. The van der Waals surface area contributed by atoms with Crippen LogP contribution in [0.4, 0.5) is 0 Å². The van der Waals surface area contributed by atoms with Crippen molar-refractivity contribution in [2.45, 2.75) is 20.8 Å². The maximum absolute atomic E-state index is 11.8. The van der Waals surface area contributed by atoms with E-state index in [2.05, 4.69) is 15.4 Å². The van der Waals surface area contributed by atoms with E-state index in [-0.39, 0.29) is 5.69 Å². The number of rotatable bonds is 5. The molecule has 1 heterocycles. The minimum absolute atomic E-state index is 0.179. The van der Waals surface area contributed by atoms with E-state index >= 15 is 0 Å². The summed E-state index contributed by atoms with van der Waals surface area (Å²) in [5, 5.41) is 10.3. The number of aromatic nitrogens is 3. The van der Waals surface area contributed by atoms with E-state index in [4.69, 9.17) is 9.47 Å². The third-order valence-electron chi connectivity index (χ3n) is 2.78. The van der Waals surface area contributed by atoms with Crippen LogP contribution >= 0.6 is 0 Å². The fourth-order valence-electron chi connectivity index (χ4n) is 1.83. The lowest BCUT2D eigenvalue weighted by atomic mass is 10.1. The molecule has 0 amide bonds. The molecule has 0 saturated heterocycles. The summed E-state index contributed by atoms with van der Waals surface area (Å²) in [5.74, 6) is 0.276. The summed E-state index contributed by atoms with van der Waals surface area (Å²) in [6.45, 7) is 6.50. The predicted octanol–water partition coefficient (Wildman–Crippen LogP) is 2.36. The molecular formula is C14H17N3O3. The molecule has 1 N–H and O–H groups in total. The molecule has 0 bridgehead atoms. The zero-order chi connectivity index (χ0) is 14.5. The van der Waals surface area contributed by atoms with Crippen molar-refractivity contribution < 1.29 is 14.3 Å². The van der Waals surface area contributed by atoms with Crippen LogP contribution in [-0.2, 0) is 4.74 Å². The van der Waals surface area contributed by atoms with Crippen LogP contribution in [-0.4, -0.2) is 34.6 Å². The van der Waals surface area contributed by atoms with Gasteiger partial charge in [0, 0.05) is 5.56 Å². The van der Waals surface area contributed by atoms with Gasteiger partial charge >= 0.3 is 5.97 Å². The highest BCUT2D eigenvalue weighted by molar-refractivity contribution is 5.94. The third kappa shape index (κ3) is 2.79. The van der Waals surface area contributed by atoms with Crippen LogP contribution < -0.4 is 4.74 Å². The Labute approximate surface area is 117 Å². The van der Waals surface area contributed by atoms with E-state index in [0.29, 0.717) is 18.9 Å². The molecule has 2 rings (SSSR count). The molecule has 0 atom stereocenters. The van der Waals surface area contributed by atoms with E-state index in [1.165, 1.54) is 0 Å². The van der Waals surface area contributed by atoms with Crippen molar-refractivity contribution >= 4 is 5.97 Å². The number of carbonyl (C=O) groups excluding carboxylic acids is 1. The highest BCUT2D eigenvalue weighted by atomic mass is 16.5. The van der Waals surface area contributed by atoms with Crippen LogP contribution in [0.5, 0.6) is 5.75 Å². The Balaban J connectivity index is 2.39. The van der Waals surface area contributed by atoms with Crippen LogP contribution in [0.15, 0.2) is 18.2 Å². The van der Waals surface area contributed by atoms with Crippen molar-refractivity contribution in [2.75, 3.05) is 13.2 Å². The molecule has 0 aliphatic rings. The van der Waals surface area contributed by atoms with Crippen LogP contribution in [0.1, 0.15) is 29.9 Å². The molecule has 0 radical (unpaired) electrons. The van der Waals surface area contributed by atoms with E-state index in [9.17, 15) is 4.79 Å². The van der Waals surface area contributed by atoms with Crippen molar-refractivity contribution in [3.8, 4) is 17.0 Å². The third-order valence-corrected chi connectivity index (χ3v) is 2.78. The van der Waals surface area contributed by atoms with Crippen LogP contribution in [0.25, 0.3) is 11.3 Å². The van der Waals surface area contributed by atoms with E-state index in [0.717, 1.165) is 16.9 Å². The zero-order valence-electron chi connectivity index (χ0n) is 11.8. The number of carbonyl (C=O) groups is 1. The monoisotopic (exact) mass is 275 g/mol. The van der Waals surface area contributed by atoms with E-state index in [1.54, 1.807) is 6.92 Å². The first-order valence-electron chi connectivity index (χ1n) is 6.49. The quantitative estimate of drug-likeness (QED) is 0.847. The van der Waals surface area contributed by atoms with Gasteiger partial charge < -0.3 is 9.47 Å². The Bertz CT molecular complexity index is 607. The minimum Gasteiger partial charge on any atom is -0.494 e. The summed E-state index contributed by atoms with van der Waals surface area (Å²) in [7, 11) is 0. The molecule has 2 aromatic rings. The average molecular weight is 275 g/mol. The molecule has 6 nitrogen and oxygen atoms in total. The Kier molecular flexibility index (Phi) is 4.34. The Morgan fingerprint density at radius 2 is 2.05 bits per heavy atom. The second kappa shape index (κ2) is 6.18. The van der Waals surface area contributed by atoms with Gasteiger partial charge in [-0.25, -0.2) is 4.79 Å². The molecule has 0 spiro atoms. The number of nitrogens with one attached hydrogen (secondary N) is 1. The second-order valence-corrected chi connectivity index (χ2v) is 4.15. The summed E-state index contributed by atoms with van der Waals surface area (Å²) in [6.07, 6.45) is 0. The molecule has 0 unspecified atom stereocenters. The molecule has 20 heavy (non-hydrogen) atoms. The molecule has 0 saturated carbocycles. The highest BCUT2D eigenvalue weighted by Gasteiger charge is 2.19. The molecular weight excluding hydrogens is 258 g/mol. The summed E-state index contributed by atoms with van der Waals surface area (Å²) >= 11 is 0. The van der Waals surface area contributed by atoms with Crippen LogP contribution in [0.2, 0.25) is 0 Å². The van der Waals surface area contributed by atoms with Crippen molar-refractivity contribution in [3.63, 3.8) is 0 Å². The maximum atomic E-state index is 11.8. The van der Waals surface area contributed by atoms with Gasteiger partial charge in [-0.2, -0.15) is 10.3 Å². The Morgan fingerprint density at radius 1 is 1.25 bits per heavy atom. The lowest BCUT2D eigenvalue weighted by molar-refractivity contribution is 0.0520. The Hall–Kier alpha value is -2.37. The van der Waals surface area contributed by atoms with Crippen molar-refractivity contribution in [1.29, 1.82) is 0 Å². The smallest absolute Gasteiger partial charge is 0.361 e. The lowest BCUT2D eigenvalue weighted by Crippen LogP contribution is -2.06.